The molecule has 5 N–H and O–H groups in total. The van der Waals surface area contributed by atoms with Crippen molar-refractivity contribution < 1.29 is 31.5 Å². The molecule has 0 spiro atoms. The van der Waals surface area contributed by atoms with Gasteiger partial charge in [0, 0.05) is 25.3 Å². The number of halogens is 5. The maximum absolute atomic E-state index is 14.6. The smallest absolute Gasteiger partial charge is 0.381 e. The van der Waals surface area contributed by atoms with E-state index in [9.17, 15) is 31.5 Å². The van der Waals surface area contributed by atoms with Crippen LogP contribution in [0.15, 0.2) is 24.5 Å². The number of nitrogens with zero attached hydrogens (tertiary/aromatic N) is 4. The van der Waals surface area contributed by atoms with Crippen molar-refractivity contribution in [1.29, 1.82) is 0 Å². The molecular weight excluding hydrogens is 489 g/mol. The van der Waals surface area contributed by atoms with Crippen molar-refractivity contribution >= 4 is 29.1 Å². The number of carbonyl (C=O) groups excluding carboxylic acids is 2. The van der Waals surface area contributed by atoms with E-state index in [-0.39, 0.29) is 49.8 Å². The lowest BCUT2D eigenvalue weighted by atomic mass is 9.87. The molecule has 14 heteroatoms. The normalized spacial score (nSPS) is 23.0. The van der Waals surface area contributed by atoms with Crippen molar-refractivity contribution in [1.82, 2.24) is 14.9 Å². The molecule has 3 atom stereocenters. The van der Waals surface area contributed by atoms with Crippen LogP contribution in [-0.2, 0) is 15.8 Å². The van der Waals surface area contributed by atoms with Crippen LogP contribution in [0.25, 0.3) is 0 Å². The van der Waals surface area contributed by atoms with Crippen LogP contribution in [0.3, 0.4) is 0 Å². The van der Waals surface area contributed by atoms with Crippen LogP contribution >= 0.6 is 0 Å². The highest BCUT2D eigenvalue weighted by molar-refractivity contribution is 5.87. The second-order valence-electron chi connectivity index (χ2n) is 8.80. The van der Waals surface area contributed by atoms with Crippen LogP contribution in [0.4, 0.5) is 39.3 Å². The molecule has 2 saturated heterocycles. The quantitative estimate of drug-likeness (QED) is 0.523. The lowest BCUT2D eigenvalue weighted by molar-refractivity contribution is -0.140. The Kier molecular flexibility index (Phi) is 6.87. The molecule has 0 radical (unpaired) electrons. The van der Waals surface area contributed by atoms with Gasteiger partial charge >= 0.3 is 6.18 Å². The van der Waals surface area contributed by atoms with Gasteiger partial charge in [0.05, 0.1) is 17.5 Å². The number of anilines is 3. The number of piperidine rings is 2. The number of nitrogens with one attached hydrogen (secondary N) is 1. The van der Waals surface area contributed by atoms with E-state index < -0.39 is 53.2 Å². The Hall–Kier alpha value is -3.71. The van der Waals surface area contributed by atoms with Crippen LogP contribution in [0.5, 0.6) is 0 Å². The van der Waals surface area contributed by atoms with Gasteiger partial charge in [-0.1, -0.05) is 0 Å². The van der Waals surface area contributed by atoms with E-state index in [1.165, 1.54) is 4.90 Å². The molecule has 0 bridgehead atoms. The summed E-state index contributed by atoms with van der Waals surface area (Å²) in [6.07, 6.45) is -2.71. The van der Waals surface area contributed by atoms with Crippen molar-refractivity contribution in [2.45, 2.75) is 37.5 Å². The second kappa shape index (κ2) is 9.74. The van der Waals surface area contributed by atoms with E-state index in [4.69, 9.17) is 11.5 Å². The number of benzene rings is 1. The highest BCUT2D eigenvalue weighted by Gasteiger charge is 2.43. The number of primary amides is 1. The Morgan fingerprint density at radius 3 is 2.56 bits per heavy atom. The Labute approximate surface area is 202 Å². The summed E-state index contributed by atoms with van der Waals surface area (Å²) in [5.74, 6) is -4.21. The molecule has 2 aliphatic rings. The lowest BCUT2D eigenvalue weighted by Crippen LogP contribution is -2.61. The standard InChI is InChI=1S/C22H24F5N7O2/c23-12-6-11(22(25,26)27)7-13(8-12)32-15-2-1-4-34(21(15)36)16-9-33(5-3-14(16)19(29)35)20-17(24)18(28)30-10-31-20/h6-8,10,14-16,32H,1-5,9H2,(H2,29,35)(H2,28,30,31)/t14?,15?,16-/m0/s1. The molecule has 3 heterocycles. The molecule has 1 aromatic heterocycles. The van der Waals surface area contributed by atoms with Crippen LogP contribution < -0.4 is 21.7 Å². The maximum Gasteiger partial charge on any atom is 0.416 e. The molecular formula is C22H24F5N7O2. The monoisotopic (exact) mass is 513 g/mol. The average molecular weight is 513 g/mol. The number of nitrogen functional groups attached to an aromatic ring is 1. The third-order valence-electron chi connectivity index (χ3n) is 6.48. The first-order valence-electron chi connectivity index (χ1n) is 11.2. The highest BCUT2D eigenvalue weighted by Crippen LogP contribution is 2.33. The van der Waals surface area contributed by atoms with Crippen molar-refractivity contribution in [3.63, 3.8) is 0 Å². The first kappa shape index (κ1) is 25.4. The zero-order valence-corrected chi connectivity index (χ0v) is 18.9. The molecule has 36 heavy (non-hydrogen) atoms. The van der Waals surface area contributed by atoms with E-state index in [0.29, 0.717) is 12.5 Å². The Balaban J connectivity index is 1.57. The zero-order chi connectivity index (χ0) is 26.2. The first-order valence-corrected chi connectivity index (χ1v) is 11.2. The van der Waals surface area contributed by atoms with Gasteiger partial charge in [0.2, 0.25) is 17.6 Å². The lowest BCUT2D eigenvalue weighted by Gasteiger charge is -2.46. The predicted molar refractivity (Wildman–Crippen MR) is 119 cm³/mol. The summed E-state index contributed by atoms with van der Waals surface area (Å²) in [6, 6.07) is 0.261. The minimum absolute atomic E-state index is 0.0254. The summed E-state index contributed by atoms with van der Waals surface area (Å²) in [5.41, 5.74) is 9.76. The number of aromatic nitrogens is 2. The van der Waals surface area contributed by atoms with Gasteiger partial charge in [-0.2, -0.15) is 17.6 Å². The summed E-state index contributed by atoms with van der Waals surface area (Å²) >= 11 is 0. The topological polar surface area (TPSA) is 130 Å². The molecule has 9 nitrogen and oxygen atoms in total. The van der Waals surface area contributed by atoms with Gasteiger partial charge in [-0.3, -0.25) is 9.59 Å². The molecule has 2 amide bonds. The minimum atomic E-state index is -4.76. The Morgan fingerprint density at radius 2 is 1.86 bits per heavy atom. The molecule has 0 aliphatic carbocycles. The number of hydrogen-bond acceptors (Lipinski definition) is 7. The fraction of sp³-hybridized carbons (Fsp3) is 0.455. The number of alkyl halides is 3. The molecule has 4 rings (SSSR count). The van der Waals surface area contributed by atoms with Crippen molar-refractivity contribution in [3.05, 3.63) is 41.7 Å². The third kappa shape index (κ3) is 5.11. The minimum Gasteiger partial charge on any atom is -0.381 e. The molecule has 2 aliphatic heterocycles. The average Bonchev–Trinajstić information content (AvgIpc) is 2.81. The van der Waals surface area contributed by atoms with E-state index in [0.717, 1.165) is 18.5 Å². The fourth-order valence-corrected chi connectivity index (χ4v) is 4.77. The summed E-state index contributed by atoms with van der Waals surface area (Å²) in [6.45, 7) is 0.507. The van der Waals surface area contributed by atoms with Crippen LogP contribution in [0.2, 0.25) is 0 Å². The number of hydrogen-bond donors (Lipinski definition) is 3. The van der Waals surface area contributed by atoms with Crippen LogP contribution in [0.1, 0.15) is 24.8 Å². The van der Waals surface area contributed by atoms with E-state index >= 15 is 0 Å². The van der Waals surface area contributed by atoms with Gasteiger partial charge in [0.1, 0.15) is 18.2 Å². The van der Waals surface area contributed by atoms with E-state index in [2.05, 4.69) is 15.3 Å². The maximum atomic E-state index is 14.6. The summed E-state index contributed by atoms with van der Waals surface area (Å²) in [5, 5.41) is 2.70. The van der Waals surface area contributed by atoms with Gasteiger partial charge in [-0.25, -0.2) is 14.4 Å². The zero-order valence-electron chi connectivity index (χ0n) is 18.9. The molecule has 194 valence electrons. The summed E-state index contributed by atoms with van der Waals surface area (Å²) < 4.78 is 67.7. The molecule has 2 fully saturated rings. The van der Waals surface area contributed by atoms with Gasteiger partial charge in [-0.15, -0.1) is 0 Å². The van der Waals surface area contributed by atoms with E-state index in [1.807, 2.05) is 0 Å². The Bertz CT molecular complexity index is 1160. The molecule has 1 aromatic carbocycles. The number of carbonyl (C=O) groups is 2. The summed E-state index contributed by atoms with van der Waals surface area (Å²) in [7, 11) is 0. The molecule has 2 unspecified atom stereocenters. The summed E-state index contributed by atoms with van der Waals surface area (Å²) in [4.78, 5) is 36.1. The SMILES string of the molecule is NC(=O)C1CCN(c2ncnc(N)c2F)C[C@@H]1N1CCCC(Nc2cc(F)cc(C(F)(F)F)c2)C1=O. The van der Waals surface area contributed by atoms with Crippen molar-refractivity contribution in [3.8, 4) is 0 Å². The van der Waals surface area contributed by atoms with Crippen molar-refractivity contribution in [2.24, 2.45) is 11.7 Å². The number of nitrogens with two attached hydrogens (primary N) is 2. The van der Waals surface area contributed by atoms with Gasteiger partial charge < -0.3 is 26.6 Å². The van der Waals surface area contributed by atoms with Gasteiger partial charge in [-0.05, 0) is 37.5 Å². The van der Waals surface area contributed by atoms with Gasteiger partial charge in [0.25, 0.3) is 0 Å². The molecule has 0 saturated carbocycles. The largest absolute Gasteiger partial charge is 0.416 e. The highest BCUT2D eigenvalue weighted by atomic mass is 19.4. The number of likely N-dealkylation sites (tertiary alicyclic amines) is 1. The fourth-order valence-electron chi connectivity index (χ4n) is 4.77. The second-order valence-corrected chi connectivity index (χ2v) is 8.80. The van der Waals surface area contributed by atoms with Gasteiger partial charge in [0.15, 0.2) is 11.6 Å². The molecule has 2 aromatic rings. The Morgan fingerprint density at radius 1 is 1.11 bits per heavy atom. The van der Waals surface area contributed by atoms with E-state index in [1.54, 1.807) is 4.90 Å². The van der Waals surface area contributed by atoms with Crippen LogP contribution in [0, 0.1) is 17.6 Å². The van der Waals surface area contributed by atoms with Crippen LogP contribution in [-0.4, -0.2) is 58.4 Å². The first-order chi connectivity index (χ1) is 17.0. The predicted octanol–water partition coefficient (Wildman–Crippen LogP) is 2.14. The van der Waals surface area contributed by atoms with Crippen molar-refractivity contribution in [2.75, 3.05) is 35.6 Å². The number of rotatable bonds is 5. The third-order valence-corrected chi connectivity index (χ3v) is 6.48. The number of amides is 2.